The third-order valence-corrected chi connectivity index (χ3v) is 4.67. The van der Waals surface area contributed by atoms with Crippen LogP contribution >= 0.6 is 0 Å². The third-order valence-electron chi connectivity index (χ3n) is 4.67. The van der Waals surface area contributed by atoms with Crippen LogP contribution in [-0.2, 0) is 0 Å². The van der Waals surface area contributed by atoms with E-state index >= 15 is 0 Å². The first kappa shape index (κ1) is 10.8. The SMILES string of the molecule is CC1c2ccccc2C(=O)N(C)C2CCCC12. The average Bonchev–Trinajstić information content (AvgIpc) is 2.82. The molecule has 1 aliphatic carbocycles. The van der Waals surface area contributed by atoms with Gasteiger partial charge in [0, 0.05) is 18.7 Å². The van der Waals surface area contributed by atoms with E-state index in [4.69, 9.17) is 0 Å². The van der Waals surface area contributed by atoms with E-state index in [0.717, 1.165) is 5.56 Å². The van der Waals surface area contributed by atoms with Crippen molar-refractivity contribution in [3.05, 3.63) is 35.4 Å². The van der Waals surface area contributed by atoms with Gasteiger partial charge in [-0.15, -0.1) is 0 Å². The van der Waals surface area contributed by atoms with Gasteiger partial charge in [-0.1, -0.05) is 31.5 Å². The molecule has 0 spiro atoms. The van der Waals surface area contributed by atoms with Crippen LogP contribution in [0.2, 0.25) is 0 Å². The van der Waals surface area contributed by atoms with Crippen LogP contribution in [0.3, 0.4) is 0 Å². The van der Waals surface area contributed by atoms with Crippen LogP contribution in [0.25, 0.3) is 0 Å². The molecule has 0 bridgehead atoms. The maximum Gasteiger partial charge on any atom is 0.254 e. The van der Waals surface area contributed by atoms with E-state index in [2.05, 4.69) is 19.1 Å². The molecule has 17 heavy (non-hydrogen) atoms. The maximum atomic E-state index is 12.5. The number of benzene rings is 1. The van der Waals surface area contributed by atoms with Gasteiger partial charge in [-0.3, -0.25) is 4.79 Å². The molecule has 1 saturated carbocycles. The summed E-state index contributed by atoms with van der Waals surface area (Å²) in [7, 11) is 1.97. The van der Waals surface area contributed by atoms with Crippen molar-refractivity contribution in [1.29, 1.82) is 0 Å². The first-order chi connectivity index (χ1) is 8.20. The molecule has 3 rings (SSSR count). The van der Waals surface area contributed by atoms with Crippen molar-refractivity contribution in [2.24, 2.45) is 5.92 Å². The van der Waals surface area contributed by atoms with Crippen molar-refractivity contribution in [1.82, 2.24) is 4.90 Å². The van der Waals surface area contributed by atoms with E-state index in [9.17, 15) is 4.79 Å². The Morgan fingerprint density at radius 2 is 2.00 bits per heavy atom. The summed E-state index contributed by atoms with van der Waals surface area (Å²) in [5.41, 5.74) is 2.16. The molecule has 2 heteroatoms. The van der Waals surface area contributed by atoms with Gasteiger partial charge in [-0.25, -0.2) is 0 Å². The number of amides is 1. The molecule has 0 N–H and O–H groups in total. The summed E-state index contributed by atoms with van der Waals surface area (Å²) in [6.45, 7) is 2.29. The Morgan fingerprint density at radius 1 is 1.24 bits per heavy atom. The largest absolute Gasteiger partial charge is 0.338 e. The van der Waals surface area contributed by atoms with E-state index in [0.29, 0.717) is 17.9 Å². The van der Waals surface area contributed by atoms with Crippen molar-refractivity contribution in [2.45, 2.75) is 38.1 Å². The quantitative estimate of drug-likeness (QED) is 0.669. The van der Waals surface area contributed by atoms with Crippen molar-refractivity contribution in [2.75, 3.05) is 7.05 Å². The second-order valence-electron chi connectivity index (χ2n) is 5.45. The van der Waals surface area contributed by atoms with E-state index in [1.165, 1.54) is 24.8 Å². The van der Waals surface area contributed by atoms with Crippen LogP contribution in [0, 0.1) is 5.92 Å². The highest BCUT2D eigenvalue weighted by molar-refractivity contribution is 5.96. The molecule has 0 aromatic heterocycles. The predicted octanol–water partition coefficient (Wildman–Crippen LogP) is 3.04. The van der Waals surface area contributed by atoms with Gasteiger partial charge in [0.15, 0.2) is 0 Å². The summed E-state index contributed by atoms with van der Waals surface area (Å²) in [6, 6.07) is 8.58. The van der Waals surface area contributed by atoms with E-state index < -0.39 is 0 Å². The van der Waals surface area contributed by atoms with Gasteiger partial charge >= 0.3 is 0 Å². The molecule has 90 valence electrons. The lowest BCUT2D eigenvalue weighted by Crippen LogP contribution is -2.38. The number of carbonyl (C=O) groups excluding carboxylic acids is 1. The molecular formula is C15H19NO. The summed E-state index contributed by atoms with van der Waals surface area (Å²) in [5.74, 6) is 1.36. The van der Waals surface area contributed by atoms with Crippen LogP contribution in [0.4, 0.5) is 0 Å². The van der Waals surface area contributed by atoms with Crippen LogP contribution in [-0.4, -0.2) is 23.9 Å². The molecule has 3 unspecified atom stereocenters. The Balaban J connectivity index is 2.14. The van der Waals surface area contributed by atoms with Gasteiger partial charge in [0.05, 0.1) is 0 Å². The lowest BCUT2D eigenvalue weighted by Gasteiger charge is -2.29. The van der Waals surface area contributed by atoms with E-state index in [1.807, 2.05) is 24.1 Å². The Labute approximate surface area is 103 Å². The fourth-order valence-electron chi connectivity index (χ4n) is 3.69. The van der Waals surface area contributed by atoms with Gasteiger partial charge < -0.3 is 4.90 Å². The molecule has 3 atom stereocenters. The van der Waals surface area contributed by atoms with E-state index in [-0.39, 0.29) is 5.91 Å². The Kier molecular flexibility index (Phi) is 2.46. The van der Waals surface area contributed by atoms with Crippen molar-refractivity contribution >= 4 is 5.91 Å². The molecule has 1 amide bonds. The smallest absolute Gasteiger partial charge is 0.254 e. The average molecular weight is 229 g/mol. The molecular weight excluding hydrogens is 210 g/mol. The normalized spacial score (nSPS) is 32.0. The van der Waals surface area contributed by atoms with Gasteiger partial charge in [-0.05, 0) is 36.3 Å². The fraction of sp³-hybridized carbons (Fsp3) is 0.533. The summed E-state index contributed by atoms with van der Waals surface area (Å²) in [6.07, 6.45) is 3.70. The molecule has 1 aromatic rings. The second kappa shape index (κ2) is 3.86. The lowest BCUT2D eigenvalue weighted by atomic mass is 9.83. The first-order valence-corrected chi connectivity index (χ1v) is 6.56. The van der Waals surface area contributed by atoms with Crippen molar-refractivity contribution in [3.8, 4) is 0 Å². The van der Waals surface area contributed by atoms with E-state index in [1.54, 1.807) is 0 Å². The number of hydrogen-bond acceptors (Lipinski definition) is 1. The van der Waals surface area contributed by atoms with Crippen LogP contribution in [0.5, 0.6) is 0 Å². The first-order valence-electron chi connectivity index (χ1n) is 6.56. The topological polar surface area (TPSA) is 20.3 Å². The zero-order chi connectivity index (χ0) is 12.0. The molecule has 1 fully saturated rings. The summed E-state index contributed by atoms with van der Waals surface area (Å²) >= 11 is 0. The summed E-state index contributed by atoms with van der Waals surface area (Å²) in [4.78, 5) is 14.4. The number of rotatable bonds is 0. The van der Waals surface area contributed by atoms with Gasteiger partial charge in [-0.2, -0.15) is 0 Å². The third kappa shape index (κ3) is 1.50. The van der Waals surface area contributed by atoms with Crippen LogP contribution in [0.15, 0.2) is 24.3 Å². The molecule has 1 aromatic carbocycles. The minimum atomic E-state index is 0.210. The van der Waals surface area contributed by atoms with Gasteiger partial charge in [0.1, 0.15) is 0 Å². The number of nitrogens with zero attached hydrogens (tertiary/aromatic N) is 1. The minimum absolute atomic E-state index is 0.210. The number of carbonyl (C=O) groups is 1. The molecule has 1 aliphatic heterocycles. The highest BCUT2D eigenvalue weighted by atomic mass is 16.2. The Morgan fingerprint density at radius 3 is 2.82 bits per heavy atom. The molecule has 0 saturated heterocycles. The molecule has 2 nitrogen and oxygen atoms in total. The maximum absolute atomic E-state index is 12.5. The van der Waals surface area contributed by atoms with Crippen LogP contribution in [0.1, 0.15) is 48.0 Å². The van der Waals surface area contributed by atoms with Crippen molar-refractivity contribution in [3.63, 3.8) is 0 Å². The second-order valence-corrected chi connectivity index (χ2v) is 5.45. The van der Waals surface area contributed by atoms with Gasteiger partial charge in [0.2, 0.25) is 0 Å². The summed E-state index contributed by atoms with van der Waals surface area (Å²) in [5, 5.41) is 0. The highest BCUT2D eigenvalue weighted by Gasteiger charge is 2.40. The monoisotopic (exact) mass is 229 g/mol. The Hall–Kier alpha value is -1.31. The lowest BCUT2D eigenvalue weighted by molar-refractivity contribution is 0.0705. The number of hydrogen-bond donors (Lipinski definition) is 0. The predicted molar refractivity (Wildman–Crippen MR) is 68.1 cm³/mol. The number of fused-ring (bicyclic) bond motifs is 2. The highest BCUT2D eigenvalue weighted by Crippen LogP contribution is 2.43. The molecule has 2 aliphatic rings. The summed E-state index contributed by atoms with van der Waals surface area (Å²) < 4.78 is 0. The molecule has 0 radical (unpaired) electrons. The van der Waals surface area contributed by atoms with Gasteiger partial charge in [0.25, 0.3) is 5.91 Å². The van der Waals surface area contributed by atoms with Crippen molar-refractivity contribution < 1.29 is 4.79 Å². The van der Waals surface area contributed by atoms with Crippen LogP contribution < -0.4 is 0 Å². The zero-order valence-electron chi connectivity index (χ0n) is 10.5. The minimum Gasteiger partial charge on any atom is -0.338 e. The molecule has 1 heterocycles. The Bertz CT molecular complexity index is 454. The fourth-order valence-corrected chi connectivity index (χ4v) is 3.69. The standard InChI is InChI=1S/C15H19NO/c1-10-11-6-3-4-7-13(11)15(17)16(2)14-9-5-8-12(10)14/h3-4,6-7,10,12,14H,5,8-9H2,1-2H3. The zero-order valence-corrected chi connectivity index (χ0v) is 10.5.